The van der Waals surface area contributed by atoms with Crippen LogP contribution in [0, 0.1) is 24.2 Å². The number of aryl methyl sites for hydroxylation is 1. The largest absolute Gasteiger partial charge is 0.466 e. The number of aromatic nitrogens is 2. The molecule has 1 aliphatic heterocycles. The number of ether oxygens (including phenoxy) is 1. The fourth-order valence-corrected chi connectivity index (χ4v) is 4.61. The SMILES string of the molecule is CCOC(=O)C1CCN(c2nc3c(C)cccn3c(=O)c2/C=C(\C#N)C(=O)NCCc2ccccc2)CC1. The number of benzene rings is 1. The van der Waals surface area contributed by atoms with Crippen LogP contribution < -0.4 is 15.8 Å². The molecule has 3 heterocycles. The lowest BCUT2D eigenvalue weighted by Crippen LogP contribution is -2.39. The van der Waals surface area contributed by atoms with Crippen LogP contribution in [0.2, 0.25) is 0 Å². The number of piperidine rings is 1. The molecule has 0 atom stereocenters. The predicted octanol–water partition coefficient (Wildman–Crippen LogP) is 3.05. The second-order valence-electron chi connectivity index (χ2n) is 9.21. The van der Waals surface area contributed by atoms with Crippen LogP contribution >= 0.6 is 0 Å². The molecule has 9 heteroatoms. The Kier molecular flexibility index (Phi) is 8.54. The lowest BCUT2D eigenvalue weighted by atomic mass is 9.96. The molecule has 3 aromatic rings. The molecule has 1 aliphatic rings. The van der Waals surface area contributed by atoms with E-state index in [1.807, 2.05) is 54.3 Å². The minimum atomic E-state index is -0.552. The van der Waals surface area contributed by atoms with Gasteiger partial charge in [0.25, 0.3) is 11.5 Å². The molecular formula is C29H31N5O4. The Morgan fingerprint density at radius 1 is 1.18 bits per heavy atom. The molecule has 0 bridgehead atoms. The number of fused-ring (bicyclic) bond motifs is 1. The zero-order valence-electron chi connectivity index (χ0n) is 21.6. The number of carbonyl (C=O) groups excluding carboxylic acids is 2. The Morgan fingerprint density at radius 3 is 2.61 bits per heavy atom. The number of hydrogen-bond acceptors (Lipinski definition) is 7. The summed E-state index contributed by atoms with van der Waals surface area (Å²) in [7, 11) is 0. The molecule has 0 aliphatic carbocycles. The van der Waals surface area contributed by atoms with Crippen LogP contribution in [0.25, 0.3) is 11.7 Å². The summed E-state index contributed by atoms with van der Waals surface area (Å²) >= 11 is 0. The molecule has 1 aromatic carbocycles. The molecule has 0 radical (unpaired) electrons. The van der Waals surface area contributed by atoms with Crippen molar-refractivity contribution < 1.29 is 14.3 Å². The number of nitrogens with zero attached hydrogens (tertiary/aromatic N) is 4. The van der Waals surface area contributed by atoms with E-state index in [9.17, 15) is 19.6 Å². The molecule has 2 aromatic heterocycles. The van der Waals surface area contributed by atoms with E-state index in [1.54, 1.807) is 19.2 Å². The predicted molar refractivity (Wildman–Crippen MR) is 145 cm³/mol. The Morgan fingerprint density at radius 2 is 1.92 bits per heavy atom. The first-order valence-corrected chi connectivity index (χ1v) is 12.8. The van der Waals surface area contributed by atoms with Crippen LogP contribution in [0.15, 0.2) is 59.0 Å². The molecule has 0 unspecified atom stereocenters. The van der Waals surface area contributed by atoms with Crippen LogP contribution in [0.5, 0.6) is 0 Å². The quantitative estimate of drug-likeness (QED) is 0.280. The van der Waals surface area contributed by atoms with Crippen LogP contribution in [0.1, 0.15) is 36.5 Å². The van der Waals surface area contributed by atoms with Crippen LogP contribution in [-0.2, 0) is 20.7 Å². The summed E-state index contributed by atoms with van der Waals surface area (Å²) in [6.07, 6.45) is 4.68. The Bertz CT molecular complexity index is 1450. The standard InChI is InChI=1S/C29H31N5O4/c1-3-38-29(37)22-12-16-33(17-13-22)26-24(28(36)34-15-7-8-20(2)25(34)32-26)18-23(19-30)27(35)31-14-11-21-9-5-4-6-10-21/h4-10,15,18,22H,3,11-14,16-17H2,1-2H3,(H,31,35)/b23-18+. The van der Waals surface area contributed by atoms with Crippen molar-refractivity contribution in [1.29, 1.82) is 5.26 Å². The number of nitrogens with one attached hydrogen (secondary N) is 1. The molecule has 1 saturated heterocycles. The van der Waals surface area contributed by atoms with E-state index in [0.717, 1.165) is 11.1 Å². The zero-order chi connectivity index (χ0) is 27.1. The summed E-state index contributed by atoms with van der Waals surface area (Å²) in [5.74, 6) is -0.576. The highest BCUT2D eigenvalue weighted by molar-refractivity contribution is 6.02. The van der Waals surface area contributed by atoms with E-state index in [2.05, 4.69) is 5.32 Å². The average Bonchev–Trinajstić information content (AvgIpc) is 2.93. The summed E-state index contributed by atoms with van der Waals surface area (Å²) in [5, 5.41) is 12.6. The minimum Gasteiger partial charge on any atom is -0.466 e. The number of carbonyl (C=O) groups is 2. The van der Waals surface area contributed by atoms with E-state index >= 15 is 0 Å². The van der Waals surface area contributed by atoms with Gasteiger partial charge in [-0.2, -0.15) is 5.26 Å². The Balaban J connectivity index is 1.64. The van der Waals surface area contributed by atoms with E-state index < -0.39 is 5.91 Å². The maximum absolute atomic E-state index is 13.6. The third-order valence-corrected chi connectivity index (χ3v) is 6.67. The van der Waals surface area contributed by atoms with Crippen LogP contribution in [-0.4, -0.2) is 47.5 Å². The van der Waals surface area contributed by atoms with Crippen molar-refractivity contribution in [1.82, 2.24) is 14.7 Å². The highest BCUT2D eigenvalue weighted by atomic mass is 16.5. The lowest BCUT2D eigenvalue weighted by Gasteiger charge is -2.32. The van der Waals surface area contributed by atoms with E-state index in [4.69, 9.17) is 9.72 Å². The van der Waals surface area contributed by atoms with Gasteiger partial charge in [-0.1, -0.05) is 36.4 Å². The molecular weight excluding hydrogens is 482 g/mol. The number of rotatable bonds is 8. The summed E-state index contributed by atoms with van der Waals surface area (Å²) in [5.41, 5.74) is 2.01. The summed E-state index contributed by atoms with van der Waals surface area (Å²) in [4.78, 5) is 45.4. The van der Waals surface area contributed by atoms with Gasteiger partial charge in [0.1, 0.15) is 23.1 Å². The maximum Gasteiger partial charge on any atom is 0.309 e. The molecule has 38 heavy (non-hydrogen) atoms. The van der Waals surface area contributed by atoms with Gasteiger partial charge in [-0.25, -0.2) is 4.98 Å². The number of anilines is 1. The second-order valence-corrected chi connectivity index (χ2v) is 9.21. The number of nitriles is 1. The number of hydrogen-bond donors (Lipinski definition) is 1. The third kappa shape index (κ3) is 5.92. The van der Waals surface area contributed by atoms with Crippen molar-refractivity contribution in [2.24, 2.45) is 5.92 Å². The van der Waals surface area contributed by atoms with Crippen LogP contribution in [0.3, 0.4) is 0 Å². The Hall–Kier alpha value is -4.45. The first-order chi connectivity index (χ1) is 18.4. The van der Waals surface area contributed by atoms with E-state index in [-0.39, 0.29) is 28.6 Å². The summed E-state index contributed by atoms with van der Waals surface area (Å²) in [6.45, 7) is 5.32. The topological polar surface area (TPSA) is 117 Å². The molecule has 9 nitrogen and oxygen atoms in total. The van der Waals surface area contributed by atoms with Gasteiger partial charge < -0.3 is 15.0 Å². The molecule has 0 spiro atoms. The molecule has 1 fully saturated rings. The molecule has 1 amide bonds. The van der Waals surface area contributed by atoms with Crippen molar-refractivity contribution >= 4 is 29.4 Å². The fourth-order valence-electron chi connectivity index (χ4n) is 4.61. The monoisotopic (exact) mass is 513 g/mol. The second kappa shape index (κ2) is 12.2. The Labute approximate surface area is 221 Å². The van der Waals surface area contributed by atoms with Crippen molar-refractivity contribution in [3.8, 4) is 6.07 Å². The van der Waals surface area contributed by atoms with Crippen LogP contribution in [0.4, 0.5) is 5.82 Å². The zero-order valence-corrected chi connectivity index (χ0v) is 21.6. The first-order valence-electron chi connectivity index (χ1n) is 12.8. The van der Waals surface area contributed by atoms with E-state index in [1.165, 1.54) is 10.5 Å². The maximum atomic E-state index is 13.6. The minimum absolute atomic E-state index is 0.164. The number of pyridine rings is 1. The molecule has 1 N–H and O–H groups in total. The smallest absolute Gasteiger partial charge is 0.309 e. The van der Waals surface area contributed by atoms with Gasteiger partial charge in [0.05, 0.1) is 18.1 Å². The van der Waals surface area contributed by atoms with Crippen molar-refractivity contribution in [3.05, 3.63) is 81.3 Å². The molecule has 0 saturated carbocycles. The van der Waals surface area contributed by atoms with Gasteiger partial charge in [-0.05, 0) is 56.4 Å². The first kappa shape index (κ1) is 26.6. The van der Waals surface area contributed by atoms with Gasteiger partial charge in [-0.3, -0.25) is 18.8 Å². The third-order valence-electron chi connectivity index (χ3n) is 6.67. The molecule has 196 valence electrons. The van der Waals surface area contributed by atoms with E-state index in [0.29, 0.717) is 57.0 Å². The van der Waals surface area contributed by atoms with Crippen molar-refractivity contribution in [3.63, 3.8) is 0 Å². The molecule has 4 rings (SSSR count). The number of esters is 1. The normalized spacial score (nSPS) is 14.2. The number of amides is 1. The lowest BCUT2D eigenvalue weighted by molar-refractivity contribution is -0.148. The highest BCUT2D eigenvalue weighted by Crippen LogP contribution is 2.26. The average molecular weight is 514 g/mol. The summed E-state index contributed by atoms with van der Waals surface area (Å²) in [6, 6.07) is 15.3. The fraction of sp³-hybridized carbons (Fsp3) is 0.345. The van der Waals surface area contributed by atoms with Gasteiger partial charge in [0, 0.05) is 25.8 Å². The van der Waals surface area contributed by atoms with Gasteiger partial charge >= 0.3 is 5.97 Å². The van der Waals surface area contributed by atoms with Gasteiger partial charge in [0.2, 0.25) is 0 Å². The van der Waals surface area contributed by atoms with Crippen molar-refractivity contribution in [2.45, 2.75) is 33.1 Å². The van der Waals surface area contributed by atoms with Crippen molar-refractivity contribution in [2.75, 3.05) is 31.1 Å². The summed E-state index contributed by atoms with van der Waals surface area (Å²) < 4.78 is 6.60. The highest BCUT2D eigenvalue weighted by Gasteiger charge is 2.29. The van der Waals surface area contributed by atoms with Gasteiger partial charge in [0.15, 0.2) is 0 Å². The van der Waals surface area contributed by atoms with Gasteiger partial charge in [-0.15, -0.1) is 0 Å².